The highest BCUT2D eigenvalue weighted by atomic mass is 14.9. The van der Waals surface area contributed by atoms with Gasteiger partial charge in [0, 0.05) is 0 Å². The molecule has 2 heteroatoms. The molecule has 1 aliphatic carbocycles. The standard InChI is InChI=1S/C20H24N2/c1-14-10-17(21-13-16-8-6-5-7-9-16)11-18-15(2)12-20(3,4)22-19(14)18/h5-11,15H,12-13H2,1-4H3. The molecule has 2 nitrogen and oxygen atoms in total. The topological polar surface area (TPSA) is 24.7 Å². The Kier molecular flexibility index (Phi) is 3.86. The first-order valence-electron chi connectivity index (χ1n) is 8.03. The maximum atomic E-state index is 4.95. The molecule has 1 heterocycles. The van der Waals surface area contributed by atoms with Gasteiger partial charge in [0.25, 0.3) is 0 Å². The summed E-state index contributed by atoms with van der Waals surface area (Å²) in [7, 11) is 0. The smallest absolute Gasteiger partial charge is 0.0646 e. The summed E-state index contributed by atoms with van der Waals surface area (Å²) in [6.45, 7) is 9.63. The van der Waals surface area contributed by atoms with Crippen LogP contribution in [0, 0.1) is 5.92 Å². The van der Waals surface area contributed by atoms with E-state index in [1.165, 1.54) is 22.4 Å². The average Bonchev–Trinajstić information content (AvgIpc) is 2.47. The summed E-state index contributed by atoms with van der Waals surface area (Å²) >= 11 is 0. The van der Waals surface area contributed by atoms with Gasteiger partial charge in [-0.3, -0.25) is 9.98 Å². The Balaban J connectivity index is 1.90. The van der Waals surface area contributed by atoms with Crippen molar-refractivity contribution in [3.05, 3.63) is 59.2 Å². The van der Waals surface area contributed by atoms with E-state index in [0.717, 1.165) is 18.7 Å². The molecular formula is C20H24N2. The number of fused-ring (bicyclic) bond motifs is 1. The zero-order chi connectivity index (χ0) is 15.7. The first-order chi connectivity index (χ1) is 10.4. The summed E-state index contributed by atoms with van der Waals surface area (Å²) in [4.78, 5) is 9.72. The zero-order valence-corrected chi connectivity index (χ0v) is 13.9. The number of hydrogen-bond acceptors (Lipinski definition) is 2. The molecule has 1 unspecified atom stereocenters. The van der Waals surface area contributed by atoms with Crippen LogP contribution < -0.4 is 0 Å². The van der Waals surface area contributed by atoms with Gasteiger partial charge in [0.1, 0.15) is 0 Å². The molecule has 1 aromatic rings. The molecule has 0 fully saturated rings. The van der Waals surface area contributed by atoms with Crippen LogP contribution in [0.1, 0.15) is 39.7 Å². The number of hydrogen-bond donors (Lipinski definition) is 0. The molecule has 0 bridgehead atoms. The molecule has 114 valence electrons. The molecule has 22 heavy (non-hydrogen) atoms. The van der Waals surface area contributed by atoms with E-state index in [1.807, 2.05) is 6.07 Å². The summed E-state index contributed by atoms with van der Waals surface area (Å²) in [5, 5.41) is 0. The first kappa shape index (κ1) is 15.0. The number of rotatable bonds is 2. The number of benzene rings is 1. The van der Waals surface area contributed by atoms with Gasteiger partial charge in [0.05, 0.1) is 23.5 Å². The Bertz CT molecular complexity index is 688. The van der Waals surface area contributed by atoms with Crippen molar-refractivity contribution < 1.29 is 0 Å². The lowest BCUT2D eigenvalue weighted by Gasteiger charge is -2.35. The maximum absolute atomic E-state index is 4.95. The van der Waals surface area contributed by atoms with Crippen molar-refractivity contribution >= 4 is 11.4 Å². The van der Waals surface area contributed by atoms with E-state index in [-0.39, 0.29) is 5.54 Å². The van der Waals surface area contributed by atoms with Crippen LogP contribution in [0.15, 0.2) is 63.6 Å². The Hall–Kier alpha value is -1.96. The van der Waals surface area contributed by atoms with Crippen molar-refractivity contribution in [2.24, 2.45) is 15.9 Å². The lowest BCUT2D eigenvalue weighted by Crippen LogP contribution is -2.33. The summed E-state index contributed by atoms with van der Waals surface area (Å²) in [6, 6.07) is 10.4. The van der Waals surface area contributed by atoms with E-state index in [1.54, 1.807) is 0 Å². The number of allylic oxidation sites excluding steroid dienone is 4. The average molecular weight is 292 g/mol. The summed E-state index contributed by atoms with van der Waals surface area (Å²) in [6.07, 6.45) is 5.50. The Morgan fingerprint density at radius 3 is 2.64 bits per heavy atom. The predicted molar refractivity (Wildman–Crippen MR) is 94.7 cm³/mol. The highest BCUT2D eigenvalue weighted by Gasteiger charge is 2.32. The molecule has 0 radical (unpaired) electrons. The number of aliphatic imine (C=N–C) groups is 2. The fraction of sp³-hybridized carbons (Fsp3) is 0.400. The molecular weight excluding hydrogens is 268 g/mol. The van der Waals surface area contributed by atoms with Crippen molar-refractivity contribution in [1.82, 2.24) is 0 Å². The van der Waals surface area contributed by atoms with Gasteiger partial charge >= 0.3 is 0 Å². The Morgan fingerprint density at radius 1 is 1.18 bits per heavy atom. The lowest BCUT2D eigenvalue weighted by atomic mass is 9.77. The van der Waals surface area contributed by atoms with Crippen molar-refractivity contribution in [3.8, 4) is 0 Å². The molecule has 1 aliphatic heterocycles. The highest BCUT2D eigenvalue weighted by Crippen LogP contribution is 2.35. The molecule has 3 rings (SSSR count). The second-order valence-corrected chi connectivity index (χ2v) is 7.03. The van der Waals surface area contributed by atoms with Gasteiger partial charge in [-0.25, -0.2) is 0 Å². The van der Waals surface area contributed by atoms with E-state index in [9.17, 15) is 0 Å². The van der Waals surface area contributed by atoms with Crippen LogP contribution in [-0.2, 0) is 6.54 Å². The van der Waals surface area contributed by atoms with Crippen LogP contribution in [0.2, 0.25) is 0 Å². The van der Waals surface area contributed by atoms with Gasteiger partial charge in [0.2, 0.25) is 0 Å². The fourth-order valence-electron chi connectivity index (χ4n) is 3.38. The zero-order valence-electron chi connectivity index (χ0n) is 13.9. The summed E-state index contributed by atoms with van der Waals surface area (Å²) < 4.78 is 0. The van der Waals surface area contributed by atoms with Crippen molar-refractivity contribution in [3.63, 3.8) is 0 Å². The molecule has 0 saturated carbocycles. The van der Waals surface area contributed by atoms with Gasteiger partial charge < -0.3 is 0 Å². The molecule has 1 atom stereocenters. The Morgan fingerprint density at radius 2 is 1.91 bits per heavy atom. The maximum Gasteiger partial charge on any atom is 0.0646 e. The summed E-state index contributed by atoms with van der Waals surface area (Å²) in [5.74, 6) is 0.535. The van der Waals surface area contributed by atoms with E-state index < -0.39 is 0 Å². The van der Waals surface area contributed by atoms with Crippen LogP contribution >= 0.6 is 0 Å². The van der Waals surface area contributed by atoms with Crippen molar-refractivity contribution in [1.29, 1.82) is 0 Å². The van der Waals surface area contributed by atoms with Crippen molar-refractivity contribution in [2.75, 3.05) is 0 Å². The van der Waals surface area contributed by atoms with E-state index in [4.69, 9.17) is 9.98 Å². The van der Waals surface area contributed by atoms with Crippen LogP contribution in [0.5, 0.6) is 0 Å². The second-order valence-electron chi connectivity index (χ2n) is 7.03. The van der Waals surface area contributed by atoms with Crippen LogP contribution in [0.4, 0.5) is 0 Å². The molecule has 0 amide bonds. The molecule has 2 aliphatic rings. The van der Waals surface area contributed by atoms with Gasteiger partial charge in [-0.15, -0.1) is 0 Å². The van der Waals surface area contributed by atoms with Crippen LogP contribution in [0.25, 0.3) is 0 Å². The predicted octanol–water partition coefficient (Wildman–Crippen LogP) is 4.77. The fourth-order valence-corrected chi connectivity index (χ4v) is 3.38. The van der Waals surface area contributed by atoms with Crippen LogP contribution in [0.3, 0.4) is 0 Å². The molecule has 0 N–H and O–H groups in total. The molecule has 0 saturated heterocycles. The number of nitrogens with zero attached hydrogens (tertiary/aromatic N) is 2. The van der Waals surface area contributed by atoms with Crippen molar-refractivity contribution in [2.45, 2.75) is 46.2 Å². The minimum absolute atomic E-state index is 0.0415. The normalized spacial score (nSPS) is 25.2. The third kappa shape index (κ3) is 3.11. The molecule has 0 aromatic heterocycles. The molecule has 0 spiro atoms. The van der Waals surface area contributed by atoms with Gasteiger partial charge in [-0.2, -0.15) is 0 Å². The Labute approximate surface area is 133 Å². The third-order valence-electron chi connectivity index (χ3n) is 4.35. The second kappa shape index (κ2) is 5.68. The third-order valence-corrected chi connectivity index (χ3v) is 4.35. The van der Waals surface area contributed by atoms with Gasteiger partial charge in [0.15, 0.2) is 0 Å². The minimum Gasteiger partial charge on any atom is -0.281 e. The van der Waals surface area contributed by atoms with Gasteiger partial charge in [-0.1, -0.05) is 37.3 Å². The van der Waals surface area contributed by atoms with E-state index >= 15 is 0 Å². The largest absolute Gasteiger partial charge is 0.281 e. The van der Waals surface area contributed by atoms with E-state index in [0.29, 0.717) is 5.92 Å². The lowest BCUT2D eigenvalue weighted by molar-refractivity contribution is 0.406. The quantitative estimate of drug-likeness (QED) is 0.701. The monoisotopic (exact) mass is 292 g/mol. The van der Waals surface area contributed by atoms with Gasteiger partial charge in [-0.05, 0) is 62.0 Å². The molecule has 1 aromatic carbocycles. The first-order valence-corrected chi connectivity index (χ1v) is 8.03. The van der Waals surface area contributed by atoms with Crippen LogP contribution in [-0.4, -0.2) is 17.0 Å². The van der Waals surface area contributed by atoms with E-state index in [2.05, 4.69) is 64.1 Å². The highest BCUT2D eigenvalue weighted by molar-refractivity contribution is 6.24. The summed E-state index contributed by atoms with van der Waals surface area (Å²) in [5.41, 5.74) is 6.14. The minimum atomic E-state index is 0.0415. The SMILES string of the molecule is CC1=CC(=NCc2ccccc2)C=C2C1=NC(C)(C)CC2C.